The van der Waals surface area contributed by atoms with E-state index in [1.54, 1.807) is 19.2 Å². The Morgan fingerprint density at radius 2 is 1.61 bits per heavy atom. The van der Waals surface area contributed by atoms with Crippen LogP contribution in [0.4, 0.5) is 5.69 Å². The molecule has 6 nitrogen and oxygen atoms in total. The van der Waals surface area contributed by atoms with Gasteiger partial charge in [-0.2, -0.15) is 4.31 Å². The maximum absolute atomic E-state index is 12.8. The number of sulfonamides is 1. The van der Waals surface area contributed by atoms with Crippen molar-refractivity contribution in [2.24, 2.45) is 0 Å². The third-order valence-corrected chi connectivity index (χ3v) is 6.76. The molecule has 1 N–H and O–H groups in total. The van der Waals surface area contributed by atoms with Crippen LogP contribution in [-0.2, 0) is 21.4 Å². The summed E-state index contributed by atoms with van der Waals surface area (Å²) < 4.78 is 32.4. The first kappa shape index (κ1) is 22.5. The van der Waals surface area contributed by atoms with Crippen molar-refractivity contribution < 1.29 is 17.9 Å². The van der Waals surface area contributed by atoms with E-state index in [2.05, 4.69) is 5.32 Å². The van der Waals surface area contributed by atoms with Crippen LogP contribution in [-0.4, -0.2) is 32.3 Å². The highest BCUT2D eigenvalue weighted by Gasteiger charge is 2.20. The van der Waals surface area contributed by atoms with E-state index in [0.29, 0.717) is 11.4 Å². The van der Waals surface area contributed by atoms with Gasteiger partial charge in [0, 0.05) is 19.3 Å². The summed E-state index contributed by atoms with van der Waals surface area (Å²) in [6.07, 6.45) is 0. The Hall–Kier alpha value is -3.16. The summed E-state index contributed by atoms with van der Waals surface area (Å²) in [5, 5.41) is 2.71. The second-order valence-electron chi connectivity index (χ2n) is 7.35. The lowest BCUT2D eigenvalue weighted by Gasteiger charge is -2.17. The van der Waals surface area contributed by atoms with Gasteiger partial charge in [0.1, 0.15) is 5.75 Å². The number of aryl methyl sites for hydroxylation is 2. The van der Waals surface area contributed by atoms with Crippen LogP contribution in [0.1, 0.15) is 16.7 Å². The molecule has 0 bridgehead atoms. The number of nitrogens with zero attached hydrogens (tertiary/aromatic N) is 1. The number of ether oxygens (including phenoxy) is 1. The van der Waals surface area contributed by atoms with Crippen LogP contribution in [0.25, 0.3) is 0 Å². The number of carbonyl (C=O) groups is 1. The van der Waals surface area contributed by atoms with Gasteiger partial charge in [-0.25, -0.2) is 8.42 Å². The van der Waals surface area contributed by atoms with Crippen molar-refractivity contribution in [1.29, 1.82) is 0 Å². The lowest BCUT2D eigenvalue weighted by molar-refractivity contribution is -0.118. The van der Waals surface area contributed by atoms with Gasteiger partial charge >= 0.3 is 0 Å². The lowest BCUT2D eigenvalue weighted by Crippen LogP contribution is -2.26. The summed E-state index contributed by atoms with van der Waals surface area (Å²) in [6, 6.07) is 21.1. The number of rotatable bonds is 8. The number of anilines is 1. The molecule has 3 aromatic carbocycles. The minimum Gasteiger partial charge on any atom is -0.484 e. The molecule has 1 amide bonds. The smallest absolute Gasteiger partial charge is 0.262 e. The molecule has 0 saturated heterocycles. The Bertz CT molecular complexity index is 1140. The van der Waals surface area contributed by atoms with Gasteiger partial charge in [0.25, 0.3) is 5.91 Å². The van der Waals surface area contributed by atoms with Crippen LogP contribution in [0.15, 0.2) is 77.7 Å². The van der Waals surface area contributed by atoms with Crippen molar-refractivity contribution in [1.82, 2.24) is 4.31 Å². The fraction of sp³-hybridized carbons (Fsp3) is 0.208. The molecule has 0 heterocycles. The summed E-state index contributed by atoms with van der Waals surface area (Å²) >= 11 is 0. The quantitative estimate of drug-likeness (QED) is 0.574. The Kier molecular flexibility index (Phi) is 7.09. The number of benzene rings is 3. The minimum atomic E-state index is -3.64. The minimum absolute atomic E-state index is 0.137. The second-order valence-corrected chi connectivity index (χ2v) is 9.40. The average molecular weight is 439 g/mol. The molecule has 0 unspecified atom stereocenters. The fourth-order valence-electron chi connectivity index (χ4n) is 2.97. The van der Waals surface area contributed by atoms with Gasteiger partial charge in [-0.05, 0) is 66.9 Å². The van der Waals surface area contributed by atoms with Crippen LogP contribution in [0.3, 0.4) is 0 Å². The van der Waals surface area contributed by atoms with Crippen LogP contribution in [0, 0.1) is 13.8 Å². The van der Waals surface area contributed by atoms with Crippen molar-refractivity contribution in [3.63, 3.8) is 0 Å². The summed E-state index contributed by atoms with van der Waals surface area (Å²) in [4.78, 5) is 12.3. The van der Waals surface area contributed by atoms with E-state index in [1.165, 1.54) is 16.4 Å². The molecule has 162 valence electrons. The van der Waals surface area contributed by atoms with E-state index in [9.17, 15) is 13.2 Å². The monoisotopic (exact) mass is 438 g/mol. The molecular weight excluding hydrogens is 412 g/mol. The van der Waals surface area contributed by atoms with Gasteiger partial charge in [0.2, 0.25) is 10.0 Å². The normalized spacial score (nSPS) is 11.4. The number of carbonyl (C=O) groups excluding carboxylic acids is 1. The van der Waals surface area contributed by atoms with E-state index < -0.39 is 10.0 Å². The van der Waals surface area contributed by atoms with Gasteiger partial charge in [-0.1, -0.05) is 36.4 Å². The van der Waals surface area contributed by atoms with E-state index in [-0.39, 0.29) is 24.0 Å². The number of nitrogens with one attached hydrogen (secondary N) is 1. The molecule has 0 spiro atoms. The van der Waals surface area contributed by atoms with E-state index in [4.69, 9.17) is 4.74 Å². The summed E-state index contributed by atoms with van der Waals surface area (Å²) in [5.74, 6) is 0.302. The van der Waals surface area contributed by atoms with Gasteiger partial charge in [-0.15, -0.1) is 0 Å². The van der Waals surface area contributed by atoms with Gasteiger partial charge in [0.15, 0.2) is 6.61 Å². The highest BCUT2D eigenvalue weighted by atomic mass is 32.2. The number of amides is 1. The van der Waals surface area contributed by atoms with Crippen LogP contribution < -0.4 is 10.1 Å². The molecule has 3 aromatic rings. The van der Waals surface area contributed by atoms with Crippen molar-refractivity contribution in [3.8, 4) is 5.75 Å². The lowest BCUT2D eigenvalue weighted by atomic mass is 10.1. The summed E-state index contributed by atoms with van der Waals surface area (Å²) in [7, 11) is -2.10. The fourth-order valence-corrected chi connectivity index (χ4v) is 4.12. The first-order chi connectivity index (χ1) is 14.8. The second kappa shape index (κ2) is 9.76. The predicted octanol–water partition coefficient (Wildman–Crippen LogP) is 4.14. The Morgan fingerprint density at radius 1 is 0.935 bits per heavy atom. The molecular formula is C24H26N2O4S. The molecule has 0 radical (unpaired) electrons. The van der Waals surface area contributed by atoms with Crippen LogP contribution in [0.2, 0.25) is 0 Å². The maximum Gasteiger partial charge on any atom is 0.262 e. The van der Waals surface area contributed by atoms with Crippen molar-refractivity contribution in [2.45, 2.75) is 25.3 Å². The van der Waals surface area contributed by atoms with Crippen molar-refractivity contribution >= 4 is 21.6 Å². The molecule has 7 heteroatoms. The molecule has 0 aliphatic carbocycles. The average Bonchev–Trinajstić information content (AvgIpc) is 2.75. The third kappa shape index (κ3) is 5.93. The molecule has 0 aliphatic rings. The Labute approximate surface area is 183 Å². The molecule has 0 saturated carbocycles. The molecule has 3 rings (SSSR count). The zero-order valence-corrected chi connectivity index (χ0v) is 18.6. The topological polar surface area (TPSA) is 75.7 Å². The maximum atomic E-state index is 12.8. The zero-order valence-electron chi connectivity index (χ0n) is 17.8. The standard InChI is InChI=1S/C24H26N2O4S/c1-18-9-12-22(15-19(18)2)30-17-24(27)25-21-10-13-23(14-11-21)31(28,29)26(3)16-20-7-5-4-6-8-20/h4-15H,16-17H2,1-3H3,(H,25,27). The molecule has 0 aromatic heterocycles. The Balaban J connectivity index is 1.58. The summed E-state index contributed by atoms with van der Waals surface area (Å²) in [5.41, 5.74) is 3.65. The summed E-state index contributed by atoms with van der Waals surface area (Å²) in [6.45, 7) is 4.13. The van der Waals surface area contributed by atoms with Crippen LogP contribution in [0.5, 0.6) is 5.75 Å². The number of hydrogen-bond acceptors (Lipinski definition) is 4. The van der Waals surface area contributed by atoms with Crippen molar-refractivity contribution in [2.75, 3.05) is 19.0 Å². The molecule has 0 aliphatic heterocycles. The van der Waals surface area contributed by atoms with E-state index >= 15 is 0 Å². The van der Waals surface area contributed by atoms with Gasteiger partial charge in [-0.3, -0.25) is 4.79 Å². The first-order valence-corrected chi connectivity index (χ1v) is 11.3. The van der Waals surface area contributed by atoms with Crippen LogP contribution >= 0.6 is 0 Å². The molecule has 0 fully saturated rings. The highest BCUT2D eigenvalue weighted by Crippen LogP contribution is 2.20. The molecule has 31 heavy (non-hydrogen) atoms. The number of hydrogen-bond donors (Lipinski definition) is 1. The predicted molar refractivity (Wildman–Crippen MR) is 122 cm³/mol. The van der Waals surface area contributed by atoms with E-state index in [1.807, 2.05) is 62.4 Å². The SMILES string of the molecule is Cc1ccc(OCC(=O)Nc2ccc(S(=O)(=O)N(C)Cc3ccccc3)cc2)cc1C. The highest BCUT2D eigenvalue weighted by molar-refractivity contribution is 7.89. The van der Waals surface area contributed by atoms with Crippen molar-refractivity contribution in [3.05, 3.63) is 89.5 Å². The molecule has 0 atom stereocenters. The Morgan fingerprint density at radius 3 is 2.26 bits per heavy atom. The zero-order chi connectivity index (χ0) is 22.4. The van der Waals surface area contributed by atoms with Gasteiger partial charge < -0.3 is 10.1 Å². The van der Waals surface area contributed by atoms with Gasteiger partial charge in [0.05, 0.1) is 4.90 Å². The first-order valence-electron chi connectivity index (χ1n) is 9.86. The largest absolute Gasteiger partial charge is 0.484 e. The third-order valence-electron chi connectivity index (χ3n) is 4.94. The van der Waals surface area contributed by atoms with E-state index in [0.717, 1.165) is 16.7 Å².